The minimum Gasteiger partial charge on any atom is -0.480 e. The zero-order valence-corrected chi connectivity index (χ0v) is 11.7. The van der Waals surface area contributed by atoms with Crippen LogP contribution in [0.1, 0.15) is 12.5 Å². The molecular weight excluding hydrogens is 319 g/mol. The van der Waals surface area contributed by atoms with Gasteiger partial charge < -0.3 is 5.11 Å². The number of rotatable bonds is 6. The van der Waals surface area contributed by atoms with Gasteiger partial charge in [0.05, 0.1) is 0 Å². The topological polar surface area (TPSA) is 98.1 Å². The van der Waals surface area contributed by atoms with E-state index < -0.39 is 17.3 Å². The molecule has 19 heavy (non-hydrogen) atoms. The van der Waals surface area contributed by atoms with Crippen LogP contribution in [0.3, 0.4) is 0 Å². The van der Waals surface area contributed by atoms with Crippen molar-refractivity contribution in [2.24, 2.45) is 5.11 Å². The molecule has 0 saturated carbocycles. The largest absolute Gasteiger partial charge is 0.480 e. The zero-order chi connectivity index (χ0) is 14.5. The molecule has 1 atom stereocenters. The van der Waals surface area contributed by atoms with Gasteiger partial charge in [-0.05, 0) is 30.2 Å². The van der Waals surface area contributed by atoms with Gasteiger partial charge >= 0.3 is 5.97 Å². The van der Waals surface area contributed by atoms with Crippen molar-refractivity contribution < 1.29 is 14.3 Å². The van der Waals surface area contributed by atoms with E-state index in [1.54, 1.807) is 0 Å². The fourth-order valence-corrected chi connectivity index (χ4v) is 2.33. The molecule has 0 spiro atoms. The molecule has 0 aliphatic carbocycles. The molecule has 8 heteroatoms. The summed E-state index contributed by atoms with van der Waals surface area (Å²) >= 11 is 3.15. The molecule has 1 rings (SSSR count). The lowest BCUT2D eigenvalue weighted by molar-refractivity contribution is -0.144. The minimum atomic E-state index is -1.41. The van der Waals surface area contributed by atoms with E-state index in [0.717, 1.165) is 0 Å². The molecule has 102 valence electrons. The number of nitrogens with zero attached hydrogens (tertiary/aromatic N) is 3. The minimum absolute atomic E-state index is 0.123. The monoisotopic (exact) mass is 330 g/mol. The van der Waals surface area contributed by atoms with E-state index >= 15 is 0 Å². The number of carbonyl (C=O) groups is 1. The average molecular weight is 331 g/mol. The van der Waals surface area contributed by atoms with Crippen LogP contribution in [0.15, 0.2) is 27.8 Å². The standard InChI is InChI=1S/C11H12BrFN4O2/c1-11(10(18)19,15-4-5-16-17-14)8-3-2-7(13)6-9(8)12/h2-3,6,15H,4-5H2,1H3,(H,18,19). The Bertz CT molecular complexity index is 533. The lowest BCUT2D eigenvalue weighted by Crippen LogP contribution is -2.47. The van der Waals surface area contributed by atoms with Crippen LogP contribution in [0.4, 0.5) is 4.39 Å². The molecule has 0 fully saturated rings. The highest BCUT2D eigenvalue weighted by Crippen LogP contribution is 2.29. The smallest absolute Gasteiger partial charge is 0.328 e. The van der Waals surface area contributed by atoms with Crippen LogP contribution in [0.2, 0.25) is 0 Å². The molecule has 0 saturated heterocycles. The Morgan fingerprint density at radius 1 is 1.68 bits per heavy atom. The van der Waals surface area contributed by atoms with Crippen molar-refractivity contribution in [3.63, 3.8) is 0 Å². The molecule has 1 aromatic carbocycles. The van der Waals surface area contributed by atoms with Gasteiger partial charge in [-0.1, -0.05) is 27.1 Å². The third-order valence-corrected chi connectivity index (χ3v) is 3.31. The van der Waals surface area contributed by atoms with Crippen molar-refractivity contribution >= 4 is 21.9 Å². The van der Waals surface area contributed by atoms with Crippen LogP contribution < -0.4 is 5.32 Å². The summed E-state index contributed by atoms with van der Waals surface area (Å²) in [5.74, 6) is -1.57. The maximum absolute atomic E-state index is 13.0. The van der Waals surface area contributed by atoms with Crippen molar-refractivity contribution in [2.45, 2.75) is 12.5 Å². The van der Waals surface area contributed by atoms with Gasteiger partial charge in [-0.25, -0.2) is 9.18 Å². The lowest BCUT2D eigenvalue weighted by Gasteiger charge is -2.27. The molecule has 0 aromatic heterocycles. The summed E-state index contributed by atoms with van der Waals surface area (Å²) in [6.07, 6.45) is 0. The third-order valence-electron chi connectivity index (χ3n) is 2.65. The summed E-state index contributed by atoms with van der Waals surface area (Å²) < 4.78 is 13.4. The Hall–Kier alpha value is -1.63. The van der Waals surface area contributed by atoms with Crippen molar-refractivity contribution in [3.8, 4) is 0 Å². The number of halogens is 2. The summed E-state index contributed by atoms with van der Waals surface area (Å²) in [6, 6.07) is 3.79. The van der Waals surface area contributed by atoms with Gasteiger partial charge in [0.2, 0.25) is 0 Å². The highest BCUT2D eigenvalue weighted by Gasteiger charge is 2.36. The lowest BCUT2D eigenvalue weighted by atomic mass is 9.92. The molecule has 2 N–H and O–H groups in total. The van der Waals surface area contributed by atoms with Crippen LogP contribution in [0.25, 0.3) is 10.4 Å². The predicted molar refractivity (Wildman–Crippen MR) is 71.1 cm³/mol. The van der Waals surface area contributed by atoms with E-state index in [9.17, 15) is 14.3 Å². The van der Waals surface area contributed by atoms with Gasteiger partial charge in [0.1, 0.15) is 11.4 Å². The van der Waals surface area contributed by atoms with Crippen LogP contribution in [0, 0.1) is 5.82 Å². The first-order valence-corrected chi connectivity index (χ1v) is 6.16. The van der Waals surface area contributed by atoms with E-state index in [1.165, 1.54) is 25.1 Å². The van der Waals surface area contributed by atoms with Crippen molar-refractivity contribution in [1.29, 1.82) is 0 Å². The molecule has 0 aliphatic rings. The molecule has 1 unspecified atom stereocenters. The predicted octanol–water partition coefficient (Wildman–Crippen LogP) is 2.79. The average Bonchev–Trinajstić information content (AvgIpc) is 2.34. The normalized spacial score (nSPS) is 13.4. The first kappa shape index (κ1) is 15.4. The molecular formula is C11H12BrFN4O2. The SMILES string of the molecule is CC(NCCN=[N+]=[N-])(C(=O)O)c1ccc(F)cc1Br. The van der Waals surface area contributed by atoms with Crippen molar-refractivity contribution in [3.05, 3.63) is 44.5 Å². The van der Waals surface area contributed by atoms with E-state index in [4.69, 9.17) is 5.53 Å². The second kappa shape index (κ2) is 6.51. The fourth-order valence-electron chi connectivity index (χ4n) is 1.58. The van der Waals surface area contributed by atoms with Crippen LogP contribution in [-0.4, -0.2) is 24.2 Å². The number of hydrogen-bond acceptors (Lipinski definition) is 3. The van der Waals surface area contributed by atoms with E-state index in [2.05, 4.69) is 31.3 Å². The van der Waals surface area contributed by atoms with E-state index in [0.29, 0.717) is 10.0 Å². The second-order valence-electron chi connectivity index (χ2n) is 3.94. The Balaban J connectivity index is 3.04. The highest BCUT2D eigenvalue weighted by molar-refractivity contribution is 9.10. The number of aliphatic carboxylic acids is 1. The number of azide groups is 1. The molecule has 0 radical (unpaired) electrons. The zero-order valence-electron chi connectivity index (χ0n) is 10.1. The Labute approximate surface area is 117 Å². The van der Waals surface area contributed by atoms with Crippen LogP contribution >= 0.6 is 15.9 Å². The van der Waals surface area contributed by atoms with Gasteiger partial charge in [0, 0.05) is 22.5 Å². The second-order valence-corrected chi connectivity index (χ2v) is 4.79. The van der Waals surface area contributed by atoms with Gasteiger partial charge in [0.15, 0.2) is 0 Å². The van der Waals surface area contributed by atoms with Gasteiger partial charge in [-0.2, -0.15) is 0 Å². The number of nitrogens with one attached hydrogen (secondary N) is 1. The van der Waals surface area contributed by atoms with Gasteiger partial charge in [0.25, 0.3) is 0 Å². The van der Waals surface area contributed by atoms with E-state index in [-0.39, 0.29) is 13.1 Å². The molecule has 0 aliphatic heterocycles. The third kappa shape index (κ3) is 3.66. The Kier molecular flexibility index (Phi) is 5.29. The summed E-state index contributed by atoms with van der Waals surface area (Å²) in [7, 11) is 0. The molecule has 1 aromatic rings. The first-order chi connectivity index (χ1) is 8.91. The maximum Gasteiger partial charge on any atom is 0.328 e. The molecule has 6 nitrogen and oxygen atoms in total. The Morgan fingerprint density at radius 3 is 2.89 bits per heavy atom. The fraction of sp³-hybridized carbons (Fsp3) is 0.364. The number of benzene rings is 1. The first-order valence-electron chi connectivity index (χ1n) is 5.36. The molecule has 0 amide bonds. The van der Waals surface area contributed by atoms with Crippen molar-refractivity contribution in [1.82, 2.24) is 5.32 Å². The molecule has 0 heterocycles. The van der Waals surface area contributed by atoms with Gasteiger partial charge in [-0.3, -0.25) is 5.32 Å². The summed E-state index contributed by atoms with van der Waals surface area (Å²) in [6.45, 7) is 1.78. The summed E-state index contributed by atoms with van der Waals surface area (Å²) in [5, 5.41) is 15.5. The van der Waals surface area contributed by atoms with E-state index in [1.807, 2.05) is 0 Å². The van der Waals surface area contributed by atoms with Crippen LogP contribution in [-0.2, 0) is 10.3 Å². The Morgan fingerprint density at radius 2 is 2.37 bits per heavy atom. The van der Waals surface area contributed by atoms with Gasteiger partial charge in [-0.15, -0.1) is 0 Å². The number of carboxylic acids is 1. The van der Waals surface area contributed by atoms with Crippen LogP contribution in [0.5, 0.6) is 0 Å². The molecule has 0 bridgehead atoms. The summed E-state index contributed by atoms with van der Waals surface area (Å²) in [4.78, 5) is 14.0. The summed E-state index contributed by atoms with van der Waals surface area (Å²) in [5.41, 5.74) is 7.15. The number of hydrogen-bond donors (Lipinski definition) is 2. The number of carboxylic acid groups (broad SMARTS) is 1. The highest BCUT2D eigenvalue weighted by atomic mass is 79.9. The quantitative estimate of drug-likeness (QED) is 0.363. The maximum atomic E-state index is 13.0. The van der Waals surface area contributed by atoms with Crippen molar-refractivity contribution in [2.75, 3.05) is 13.1 Å².